The molecule has 0 aliphatic carbocycles. The molecular formula is C9H19ClN2O2. The lowest BCUT2D eigenvalue weighted by Gasteiger charge is -2.23. The molecule has 5 heteroatoms. The summed E-state index contributed by atoms with van der Waals surface area (Å²) in [4.78, 5) is 12.7. The number of carbonyl (C=O) groups is 1. The molecule has 1 rings (SSSR count). The van der Waals surface area contributed by atoms with Crippen LogP contribution in [0, 0.1) is 0 Å². The van der Waals surface area contributed by atoms with Crippen LogP contribution in [0.25, 0.3) is 0 Å². The van der Waals surface area contributed by atoms with E-state index >= 15 is 0 Å². The van der Waals surface area contributed by atoms with Crippen molar-refractivity contribution in [1.82, 2.24) is 10.2 Å². The summed E-state index contributed by atoms with van der Waals surface area (Å²) in [5.74, 6) is 0.0403. The maximum atomic E-state index is 11.2. The quantitative estimate of drug-likeness (QED) is 0.745. The van der Waals surface area contributed by atoms with Crippen LogP contribution in [0.2, 0.25) is 0 Å². The average Bonchev–Trinajstić information content (AvgIpc) is 2.15. The lowest BCUT2D eigenvalue weighted by atomic mass is 10.1. The highest BCUT2D eigenvalue weighted by Gasteiger charge is 2.15. The molecule has 1 aliphatic rings. The van der Waals surface area contributed by atoms with Gasteiger partial charge in [-0.2, -0.15) is 0 Å². The molecule has 1 heterocycles. The van der Waals surface area contributed by atoms with Gasteiger partial charge in [-0.1, -0.05) is 0 Å². The molecule has 0 aromatic carbocycles. The van der Waals surface area contributed by atoms with Crippen LogP contribution < -0.4 is 5.32 Å². The Hall–Kier alpha value is -0.320. The number of hydrogen-bond acceptors (Lipinski definition) is 3. The smallest absolute Gasteiger partial charge is 0.248 e. The minimum Gasteiger partial charge on any atom is -0.368 e. The largest absolute Gasteiger partial charge is 0.368 e. The van der Waals surface area contributed by atoms with E-state index in [1.165, 1.54) is 0 Å². The maximum Gasteiger partial charge on any atom is 0.248 e. The zero-order chi connectivity index (χ0) is 9.68. The van der Waals surface area contributed by atoms with Crippen molar-refractivity contribution < 1.29 is 9.53 Å². The number of nitrogens with zero attached hydrogens (tertiary/aromatic N) is 1. The Morgan fingerprint density at radius 3 is 2.50 bits per heavy atom. The molecule has 1 amide bonds. The van der Waals surface area contributed by atoms with Crippen molar-refractivity contribution in [1.29, 1.82) is 0 Å². The summed E-state index contributed by atoms with van der Waals surface area (Å²) in [5.41, 5.74) is 0. The van der Waals surface area contributed by atoms with Crippen LogP contribution in [0.1, 0.15) is 12.8 Å². The van der Waals surface area contributed by atoms with Crippen molar-refractivity contribution in [3.63, 3.8) is 0 Å². The van der Waals surface area contributed by atoms with E-state index in [0.717, 1.165) is 25.9 Å². The number of rotatable bonds is 3. The molecule has 0 spiro atoms. The van der Waals surface area contributed by atoms with E-state index in [1.807, 2.05) is 0 Å². The van der Waals surface area contributed by atoms with Gasteiger partial charge in [0.2, 0.25) is 5.91 Å². The van der Waals surface area contributed by atoms with Crippen molar-refractivity contribution in [2.24, 2.45) is 0 Å². The molecule has 4 nitrogen and oxygen atoms in total. The topological polar surface area (TPSA) is 41.6 Å². The van der Waals surface area contributed by atoms with Crippen LogP contribution in [0.15, 0.2) is 0 Å². The summed E-state index contributed by atoms with van der Waals surface area (Å²) in [7, 11) is 3.49. The van der Waals surface area contributed by atoms with E-state index in [0.29, 0.717) is 0 Å². The number of amides is 1. The van der Waals surface area contributed by atoms with Gasteiger partial charge in [0, 0.05) is 14.1 Å². The molecule has 0 atom stereocenters. The molecule has 1 aliphatic heterocycles. The summed E-state index contributed by atoms with van der Waals surface area (Å²) in [6.07, 6.45) is 2.30. The monoisotopic (exact) mass is 222 g/mol. The SMILES string of the molecule is CN(C)C(=O)COC1CCNCC1.Cl. The Balaban J connectivity index is 0.00000169. The van der Waals surface area contributed by atoms with Gasteiger partial charge in [-0.15, -0.1) is 12.4 Å². The first-order valence-electron chi connectivity index (χ1n) is 4.72. The molecule has 0 radical (unpaired) electrons. The number of carbonyl (C=O) groups excluding carboxylic acids is 1. The Kier molecular flexibility index (Phi) is 6.87. The van der Waals surface area contributed by atoms with E-state index in [2.05, 4.69) is 5.32 Å². The van der Waals surface area contributed by atoms with Crippen LogP contribution in [0.3, 0.4) is 0 Å². The van der Waals surface area contributed by atoms with Crippen LogP contribution >= 0.6 is 12.4 Å². The van der Waals surface area contributed by atoms with Crippen molar-refractivity contribution in [3.05, 3.63) is 0 Å². The second-order valence-corrected chi connectivity index (χ2v) is 3.55. The van der Waals surface area contributed by atoms with E-state index in [1.54, 1.807) is 19.0 Å². The van der Waals surface area contributed by atoms with E-state index in [4.69, 9.17) is 4.74 Å². The summed E-state index contributed by atoms with van der Waals surface area (Å²) in [6, 6.07) is 0. The standard InChI is InChI=1S/C9H18N2O2.ClH/c1-11(2)9(12)7-13-8-3-5-10-6-4-8;/h8,10H,3-7H2,1-2H3;1H. The fraction of sp³-hybridized carbons (Fsp3) is 0.889. The summed E-state index contributed by atoms with van der Waals surface area (Å²) in [5, 5.41) is 3.25. The third-order valence-electron chi connectivity index (χ3n) is 2.23. The fourth-order valence-electron chi connectivity index (χ4n) is 1.28. The van der Waals surface area contributed by atoms with Crippen LogP contribution in [0.4, 0.5) is 0 Å². The van der Waals surface area contributed by atoms with E-state index < -0.39 is 0 Å². The highest BCUT2D eigenvalue weighted by atomic mass is 35.5. The molecule has 0 saturated carbocycles. The van der Waals surface area contributed by atoms with Crippen LogP contribution in [-0.4, -0.2) is 50.7 Å². The van der Waals surface area contributed by atoms with Crippen molar-refractivity contribution in [2.45, 2.75) is 18.9 Å². The Morgan fingerprint density at radius 1 is 1.43 bits per heavy atom. The van der Waals surface area contributed by atoms with Gasteiger partial charge in [0.15, 0.2) is 0 Å². The van der Waals surface area contributed by atoms with Gasteiger partial charge >= 0.3 is 0 Å². The lowest BCUT2D eigenvalue weighted by molar-refractivity contribution is -0.136. The summed E-state index contributed by atoms with van der Waals surface area (Å²) < 4.78 is 5.47. The van der Waals surface area contributed by atoms with Crippen molar-refractivity contribution in [2.75, 3.05) is 33.8 Å². The summed E-state index contributed by atoms with van der Waals surface area (Å²) in [6.45, 7) is 2.22. The highest BCUT2D eigenvalue weighted by Crippen LogP contribution is 2.06. The third kappa shape index (κ3) is 4.79. The Labute approximate surface area is 91.4 Å². The number of likely N-dealkylation sites (N-methyl/N-ethyl adjacent to an activating group) is 1. The first-order chi connectivity index (χ1) is 6.20. The van der Waals surface area contributed by atoms with Crippen molar-refractivity contribution >= 4 is 18.3 Å². The number of nitrogens with one attached hydrogen (secondary N) is 1. The minimum absolute atomic E-state index is 0. The van der Waals surface area contributed by atoms with Crippen LogP contribution in [0.5, 0.6) is 0 Å². The van der Waals surface area contributed by atoms with Gasteiger partial charge < -0.3 is 15.0 Å². The number of halogens is 1. The van der Waals surface area contributed by atoms with Gasteiger partial charge in [0.25, 0.3) is 0 Å². The van der Waals surface area contributed by atoms with E-state index in [-0.39, 0.29) is 31.0 Å². The normalized spacial score (nSPS) is 17.3. The molecule has 84 valence electrons. The highest BCUT2D eigenvalue weighted by molar-refractivity contribution is 5.85. The molecule has 1 N–H and O–H groups in total. The lowest BCUT2D eigenvalue weighted by Crippen LogP contribution is -2.35. The zero-order valence-electron chi connectivity index (χ0n) is 8.78. The molecule has 14 heavy (non-hydrogen) atoms. The van der Waals surface area contributed by atoms with Gasteiger partial charge in [0.05, 0.1) is 6.10 Å². The molecular weight excluding hydrogens is 204 g/mol. The number of piperidine rings is 1. The fourth-order valence-corrected chi connectivity index (χ4v) is 1.28. The first-order valence-corrected chi connectivity index (χ1v) is 4.72. The van der Waals surface area contributed by atoms with Gasteiger partial charge in [-0.25, -0.2) is 0 Å². The number of ether oxygens (including phenoxy) is 1. The number of hydrogen-bond donors (Lipinski definition) is 1. The van der Waals surface area contributed by atoms with Gasteiger partial charge in [0.1, 0.15) is 6.61 Å². The van der Waals surface area contributed by atoms with Crippen molar-refractivity contribution in [3.8, 4) is 0 Å². The van der Waals surface area contributed by atoms with E-state index in [9.17, 15) is 4.79 Å². The summed E-state index contributed by atoms with van der Waals surface area (Å²) >= 11 is 0. The maximum absolute atomic E-state index is 11.2. The molecule has 0 unspecified atom stereocenters. The Bertz CT molecular complexity index is 170. The molecule has 1 saturated heterocycles. The molecule has 0 bridgehead atoms. The van der Waals surface area contributed by atoms with Crippen LogP contribution in [-0.2, 0) is 9.53 Å². The first kappa shape index (κ1) is 13.7. The third-order valence-corrected chi connectivity index (χ3v) is 2.23. The second kappa shape index (κ2) is 7.04. The predicted molar refractivity (Wildman–Crippen MR) is 57.8 cm³/mol. The van der Waals surface area contributed by atoms with Gasteiger partial charge in [-0.05, 0) is 25.9 Å². The Morgan fingerprint density at radius 2 is 2.00 bits per heavy atom. The van der Waals surface area contributed by atoms with Gasteiger partial charge in [-0.3, -0.25) is 4.79 Å². The second-order valence-electron chi connectivity index (χ2n) is 3.55. The molecule has 0 aromatic heterocycles. The minimum atomic E-state index is 0. The molecule has 0 aromatic rings. The zero-order valence-corrected chi connectivity index (χ0v) is 9.60. The average molecular weight is 223 g/mol. The predicted octanol–water partition coefficient (Wildman–Crippen LogP) is 0.265. The molecule has 1 fully saturated rings.